The lowest BCUT2D eigenvalue weighted by Crippen LogP contribution is -2.14. The minimum Gasteiger partial charge on any atom is -0.481 e. The average molecular weight is 277 g/mol. The molecular formula is C18H15NO2. The lowest BCUT2D eigenvalue weighted by molar-refractivity contribution is -0.141. The van der Waals surface area contributed by atoms with Gasteiger partial charge in [-0.25, -0.2) is 0 Å². The molecule has 0 spiro atoms. The van der Waals surface area contributed by atoms with Crippen LogP contribution in [0.2, 0.25) is 0 Å². The molecule has 1 atom stereocenters. The Morgan fingerprint density at radius 2 is 1.71 bits per heavy atom. The number of rotatable bonds is 2. The van der Waals surface area contributed by atoms with Crippen LogP contribution in [0.15, 0.2) is 54.6 Å². The summed E-state index contributed by atoms with van der Waals surface area (Å²) in [6.07, 6.45) is 1.24. The molecule has 0 saturated carbocycles. The molecule has 3 aromatic rings. The third-order valence-electron chi connectivity index (χ3n) is 4.34. The van der Waals surface area contributed by atoms with Gasteiger partial charge in [-0.05, 0) is 30.2 Å². The Kier molecular flexibility index (Phi) is 2.61. The first-order valence-corrected chi connectivity index (χ1v) is 7.15. The van der Waals surface area contributed by atoms with E-state index in [2.05, 4.69) is 28.8 Å². The van der Waals surface area contributed by atoms with Crippen molar-refractivity contribution < 1.29 is 9.90 Å². The lowest BCUT2D eigenvalue weighted by Gasteiger charge is -2.10. The van der Waals surface area contributed by atoms with Gasteiger partial charge in [0, 0.05) is 23.2 Å². The Balaban J connectivity index is 1.99. The molecule has 0 bridgehead atoms. The molecule has 1 heterocycles. The van der Waals surface area contributed by atoms with Crippen molar-refractivity contribution >= 4 is 16.9 Å². The molecule has 1 aliphatic carbocycles. The van der Waals surface area contributed by atoms with E-state index in [0.29, 0.717) is 12.8 Å². The van der Waals surface area contributed by atoms with Crippen LogP contribution in [0.25, 0.3) is 16.6 Å². The van der Waals surface area contributed by atoms with Crippen molar-refractivity contribution in [3.63, 3.8) is 0 Å². The number of para-hydroxylation sites is 2. The van der Waals surface area contributed by atoms with Crippen molar-refractivity contribution in [3.8, 4) is 5.69 Å². The van der Waals surface area contributed by atoms with Crippen molar-refractivity contribution in [2.45, 2.75) is 12.8 Å². The maximum Gasteiger partial charge on any atom is 0.307 e. The van der Waals surface area contributed by atoms with Crippen LogP contribution in [-0.2, 0) is 17.6 Å². The maximum atomic E-state index is 11.3. The number of nitrogens with zero attached hydrogens (tertiary/aromatic N) is 1. The quantitative estimate of drug-likeness (QED) is 0.779. The van der Waals surface area contributed by atoms with Crippen molar-refractivity contribution in [1.82, 2.24) is 4.57 Å². The highest BCUT2D eigenvalue weighted by molar-refractivity contribution is 5.89. The molecule has 1 aromatic heterocycles. The predicted molar refractivity (Wildman–Crippen MR) is 81.8 cm³/mol. The lowest BCUT2D eigenvalue weighted by atomic mass is 10.1. The summed E-state index contributed by atoms with van der Waals surface area (Å²) in [4.78, 5) is 11.3. The molecule has 0 aliphatic heterocycles. The highest BCUT2D eigenvalue weighted by Gasteiger charge is 2.32. The van der Waals surface area contributed by atoms with Crippen molar-refractivity contribution in [2.24, 2.45) is 5.92 Å². The number of carboxylic acids is 1. The second-order valence-electron chi connectivity index (χ2n) is 5.56. The SMILES string of the molecule is O=C(O)C1Cc2c(n(-c3ccccc3)c3ccccc23)C1. The monoisotopic (exact) mass is 277 g/mol. The van der Waals surface area contributed by atoms with Gasteiger partial charge in [0.05, 0.1) is 11.4 Å². The number of benzene rings is 2. The van der Waals surface area contributed by atoms with Crippen molar-refractivity contribution in [3.05, 3.63) is 65.9 Å². The second-order valence-corrected chi connectivity index (χ2v) is 5.56. The van der Waals surface area contributed by atoms with Crippen LogP contribution in [0.3, 0.4) is 0 Å². The Morgan fingerprint density at radius 1 is 1.00 bits per heavy atom. The summed E-state index contributed by atoms with van der Waals surface area (Å²) in [5.74, 6) is -0.996. The Morgan fingerprint density at radius 3 is 2.48 bits per heavy atom. The summed E-state index contributed by atoms with van der Waals surface area (Å²) in [5, 5.41) is 10.5. The van der Waals surface area contributed by atoms with Crippen LogP contribution >= 0.6 is 0 Å². The average Bonchev–Trinajstić information content (AvgIpc) is 3.05. The molecular weight excluding hydrogens is 262 g/mol. The number of carboxylic acid groups (broad SMARTS) is 1. The molecule has 0 radical (unpaired) electrons. The van der Waals surface area contributed by atoms with Gasteiger partial charge in [0.25, 0.3) is 0 Å². The van der Waals surface area contributed by atoms with E-state index in [0.717, 1.165) is 16.9 Å². The number of aromatic nitrogens is 1. The topological polar surface area (TPSA) is 42.2 Å². The van der Waals surface area contributed by atoms with Crippen LogP contribution in [0, 0.1) is 5.92 Å². The van der Waals surface area contributed by atoms with Gasteiger partial charge in [0.15, 0.2) is 0 Å². The smallest absolute Gasteiger partial charge is 0.307 e. The highest BCUT2D eigenvalue weighted by Crippen LogP contribution is 2.37. The number of aliphatic carboxylic acids is 1. The van der Waals surface area contributed by atoms with E-state index in [4.69, 9.17) is 0 Å². The Bertz CT molecular complexity index is 833. The largest absolute Gasteiger partial charge is 0.481 e. The minimum atomic E-state index is -0.699. The normalized spacial score (nSPS) is 17.0. The molecule has 1 aliphatic rings. The molecule has 4 rings (SSSR count). The van der Waals surface area contributed by atoms with E-state index in [1.807, 2.05) is 30.3 Å². The molecule has 104 valence electrons. The predicted octanol–water partition coefficient (Wildman–Crippen LogP) is 3.43. The van der Waals surface area contributed by atoms with Gasteiger partial charge >= 0.3 is 5.97 Å². The van der Waals surface area contributed by atoms with Crippen LogP contribution in [-0.4, -0.2) is 15.6 Å². The molecule has 2 aromatic carbocycles. The molecule has 1 N–H and O–H groups in total. The number of hydrogen-bond donors (Lipinski definition) is 1. The van der Waals surface area contributed by atoms with Gasteiger partial charge in [-0.1, -0.05) is 36.4 Å². The standard InChI is InChI=1S/C18H15NO2/c20-18(21)12-10-15-14-8-4-5-9-16(14)19(17(15)11-12)13-6-2-1-3-7-13/h1-9,12H,10-11H2,(H,20,21). The summed E-state index contributed by atoms with van der Waals surface area (Å²) < 4.78 is 2.22. The Hall–Kier alpha value is -2.55. The molecule has 3 nitrogen and oxygen atoms in total. The van der Waals surface area contributed by atoms with Gasteiger partial charge < -0.3 is 9.67 Å². The summed E-state index contributed by atoms with van der Waals surface area (Å²) in [7, 11) is 0. The van der Waals surface area contributed by atoms with E-state index in [-0.39, 0.29) is 5.92 Å². The van der Waals surface area contributed by atoms with Gasteiger partial charge in [-0.3, -0.25) is 4.79 Å². The fourth-order valence-electron chi connectivity index (χ4n) is 3.40. The summed E-state index contributed by atoms with van der Waals surface area (Å²) in [5.41, 5.74) is 4.61. The fraction of sp³-hybridized carbons (Fsp3) is 0.167. The Labute approximate surface area is 122 Å². The minimum absolute atomic E-state index is 0.297. The molecule has 0 amide bonds. The van der Waals surface area contributed by atoms with E-state index in [9.17, 15) is 9.90 Å². The zero-order chi connectivity index (χ0) is 14.4. The molecule has 0 fully saturated rings. The van der Waals surface area contributed by atoms with Gasteiger partial charge in [0.1, 0.15) is 0 Å². The fourth-order valence-corrected chi connectivity index (χ4v) is 3.40. The van der Waals surface area contributed by atoms with Crippen LogP contribution < -0.4 is 0 Å². The molecule has 21 heavy (non-hydrogen) atoms. The van der Waals surface area contributed by atoms with E-state index >= 15 is 0 Å². The van der Waals surface area contributed by atoms with E-state index < -0.39 is 5.97 Å². The van der Waals surface area contributed by atoms with Gasteiger partial charge in [-0.15, -0.1) is 0 Å². The number of hydrogen-bond acceptors (Lipinski definition) is 1. The maximum absolute atomic E-state index is 11.3. The van der Waals surface area contributed by atoms with Crippen molar-refractivity contribution in [2.75, 3.05) is 0 Å². The first kappa shape index (κ1) is 12.2. The zero-order valence-corrected chi connectivity index (χ0v) is 11.5. The summed E-state index contributed by atoms with van der Waals surface area (Å²) in [6.45, 7) is 0. The zero-order valence-electron chi connectivity index (χ0n) is 11.5. The molecule has 1 unspecified atom stereocenters. The second kappa shape index (κ2) is 4.48. The van der Waals surface area contributed by atoms with Crippen LogP contribution in [0.5, 0.6) is 0 Å². The third kappa shape index (κ3) is 1.77. The summed E-state index contributed by atoms with van der Waals surface area (Å²) in [6, 6.07) is 18.4. The molecule has 0 saturated heterocycles. The van der Waals surface area contributed by atoms with Gasteiger partial charge in [-0.2, -0.15) is 0 Å². The molecule has 3 heteroatoms. The number of carbonyl (C=O) groups is 1. The number of fused-ring (bicyclic) bond motifs is 3. The van der Waals surface area contributed by atoms with E-state index in [1.165, 1.54) is 10.9 Å². The van der Waals surface area contributed by atoms with E-state index in [1.54, 1.807) is 0 Å². The highest BCUT2D eigenvalue weighted by atomic mass is 16.4. The van der Waals surface area contributed by atoms with Crippen molar-refractivity contribution in [1.29, 1.82) is 0 Å². The van der Waals surface area contributed by atoms with Crippen LogP contribution in [0.1, 0.15) is 11.3 Å². The first-order chi connectivity index (χ1) is 10.3. The third-order valence-corrected chi connectivity index (χ3v) is 4.34. The first-order valence-electron chi connectivity index (χ1n) is 7.15. The summed E-state index contributed by atoms with van der Waals surface area (Å²) >= 11 is 0. The van der Waals surface area contributed by atoms with Crippen LogP contribution in [0.4, 0.5) is 0 Å². The van der Waals surface area contributed by atoms with Gasteiger partial charge in [0.2, 0.25) is 0 Å².